The van der Waals surface area contributed by atoms with Gasteiger partial charge in [-0.3, -0.25) is 9.59 Å². The highest BCUT2D eigenvalue weighted by Gasteiger charge is 2.21. The Morgan fingerprint density at radius 2 is 1.97 bits per heavy atom. The fourth-order valence-corrected chi connectivity index (χ4v) is 3.42. The molecule has 3 aromatic rings. The first-order valence-corrected chi connectivity index (χ1v) is 10.1. The number of carbonyl (C=O) groups excluding carboxylic acids is 2. The summed E-state index contributed by atoms with van der Waals surface area (Å²) >= 11 is 0. The molecule has 32 heavy (non-hydrogen) atoms. The number of nitrogens with one attached hydrogen (secondary N) is 1. The number of ether oxygens (including phenoxy) is 2. The second-order valence-electron chi connectivity index (χ2n) is 7.23. The number of nitriles is 1. The predicted molar refractivity (Wildman–Crippen MR) is 117 cm³/mol. The molecule has 0 saturated carbocycles. The van der Waals surface area contributed by atoms with E-state index in [0.29, 0.717) is 35.9 Å². The number of nitrogens with zero attached hydrogens (tertiary/aromatic N) is 2. The summed E-state index contributed by atoms with van der Waals surface area (Å²) in [6.45, 7) is 3.60. The van der Waals surface area contributed by atoms with Gasteiger partial charge in [-0.2, -0.15) is 5.26 Å². The minimum absolute atomic E-state index is 0.115. The summed E-state index contributed by atoms with van der Waals surface area (Å²) in [6, 6.07) is 13.1. The molecule has 0 fully saturated rings. The van der Waals surface area contributed by atoms with E-state index < -0.39 is 18.5 Å². The highest BCUT2D eigenvalue weighted by Crippen LogP contribution is 2.27. The Morgan fingerprint density at radius 3 is 2.66 bits per heavy atom. The van der Waals surface area contributed by atoms with Gasteiger partial charge >= 0.3 is 5.97 Å². The number of furan rings is 1. The van der Waals surface area contributed by atoms with Crippen molar-refractivity contribution in [3.63, 3.8) is 0 Å². The Hall–Kier alpha value is -3.99. The largest absolute Gasteiger partial charge is 0.496 e. The molecule has 1 aromatic carbocycles. The zero-order valence-electron chi connectivity index (χ0n) is 18.3. The van der Waals surface area contributed by atoms with Crippen LogP contribution in [0.3, 0.4) is 0 Å². The van der Waals surface area contributed by atoms with Crippen molar-refractivity contribution in [3.8, 4) is 11.8 Å². The van der Waals surface area contributed by atoms with E-state index in [0.717, 1.165) is 16.8 Å². The Morgan fingerprint density at radius 1 is 1.19 bits per heavy atom. The van der Waals surface area contributed by atoms with Gasteiger partial charge in [0.2, 0.25) is 0 Å². The molecule has 0 atom stereocenters. The molecule has 0 aliphatic rings. The van der Waals surface area contributed by atoms with Crippen LogP contribution in [0.2, 0.25) is 0 Å². The third-order valence-electron chi connectivity index (χ3n) is 5.25. The first kappa shape index (κ1) is 22.7. The van der Waals surface area contributed by atoms with Gasteiger partial charge in [0.1, 0.15) is 23.4 Å². The van der Waals surface area contributed by atoms with Crippen molar-refractivity contribution in [1.29, 1.82) is 5.26 Å². The molecular weight excluding hydrogens is 410 g/mol. The number of benzene rings is 1. The molecule has 0 radical (unpaired) electrons. The van der Waals surface area contributed by atoms with Crippen LogP contribution in [0.25, 0.3) is 0 Å². The Kier molecular flexibility index (Phi) is 7.34. The molecule has 1 N–H and O–H groups in total. The SMILES string of the molecule is COc1ccccc1CCC(=O)OCC(=O)Nc1c(C#N)c(C)c(C)n1Cc1ccco1. The number of aromatic nitrogens is 1. The van der Waals surface area contributed by atoms with Gasteiger partial charge in [0.05, 0.1) is 25.5 Å². The van der Waals surface area contributed by atoms with Crippen LogP contribution in [0.5, 0.6) is 5.75 Å². The second kappa shape index (κ2) is 10.4. The zero-order valence-corrected chi connectivity index (χ0v) is 18.3. The summed E-state index contributed by atoms with van der Waals surface area (Å²) < 4.78 is 17.6. The van der Waals surface area contributed by atoms with E-state index in [4.69, 9.17) is 13.9 Å². The zero-order chi connectivity index (χ0) is 23.1. The normalized spacial score (nSPS) is 10.4. The van der Waals surface area contributed by atoms with E-state index >= 15 is 0 Å². The summed E-state index contributed by atoms with van der Waals surface area (Å²) in [6.07, 6.45) is 2.12. The molecule has 0 aliphatic carbocycles. The summed E-state index contributed by atoms with van der Waals surface area (Å²) in [4.78, 5) is 24.6. The van der Waals surface area contributed by atoms with E-state index in [-0.39, 0.29) is 6.42 Å². The van der Waals surface area contributed by atoms with Crippen LogP contribution in [-0.4, -0.2) is 30.2 Å². The van der Waals surface area contributed by atoms with Crippen LogP contribution in [0.15, 0.2) is 47.1 Å². The molecule has 8 nitrogen and oxygen atoms in total. The van der Waals surface area contributed by atoms with Crippen LogP contribution in [0.4, 0.5) is 5.82 Å². The number of para-hydroxylation sites is 1. The molecule has 1 amide bonds. The Balaban J connectivity index is 1.61. The second-order valence-corrected chi connectivity index (χ2v) is 7.23. The number of anilines is 1. The lowest BCUT2D eigenvalue weighted by Gasteiger charge is -2.12. The van der Waals surface area contributed by atoms with Gasteiger partial charge in [0.15, 0.2) is 6.61 Å². The molecule has 8 heteroatoms. The molecule has 0 saturated heterocycles. The van der Waals surface area contributed by atoms with E-state index in [1.807, 2.05) is 44.2 Å². The van der Waals surface area contributed by atoms with Gasteiger partial charge in [0.25, 0.3) is 5.91 Å². The lowest BCUT2D eigenvalue weighted by atomic mass is 10.1. The molecular formula is C24H25N3O5. The van der Waals surface area contributed by atoms with Gasteiger partial charge in [-0.25, -0.2) is 0 Å². The molecule has 0 bridgehead atoms. The fraction of sp³-hybridized carbons (Fsp3) is 0.292. The van der Waals surface area contributed by atoms with Gasteiger partial charge in [-0.1, -0.05) is 18.2 Å². The maximum atomic E-state index is 12.5. The third kappa shape index (κ3) is 5.19. The average Bonchev–Trinajstić information content (AvgIpc) is 3.39. The van der Waals surface area contributed by atoms with Gasteiger partial charge in [0, 0.05) is 12.1 Å². The van der Waals surface area contributed by atoms with Crippen molar-refractivity contribution in [2.45, 2.75) is 33.2 Å². The summed E-state index contributed by atoms with van der Waals surface area (Å²) in [7, 11) is 1.57. The van der Waals surface area contributed by atoms with Crippen molar-refractivity contribution < 1.29 is 23.5 Å². The number of rotatable bonds is 9. The predicted octanol–water partition coefficient (Wildman–Crippen LogP) is 3.74. The number of methoxy groups -OCH3 is 1. The number of carbonyl (C=O) groups is 2. The molecule has 3 rings (SSSR count). The van der Waals surface area contributed by atoms with E-state index in [2.05, 4.69) is 11.4 Å². The number of amides is 1. The van der Waals surface area contributed by atoms with Crippen molar-refractivity contribution in [2.75, 3.05) is 19.0 Å². The van der Waals surface area contributed by atoms with Gasteiger partial charge < -0.3 is 23.8 Å². The molecule has 166 valence electrons. The number of hydrogen-bond acceptors (Lipinski definition) is 6. The van der Waals surface area contributed by atoms with E-state index in [9.17, 15) is 14.9 Å². The smallest absolute Gasteiger partial charge is 0.306 e. The van der Waals surface area contributed by atoms with Crippen molar-refractivity contribution in [3.05, 3.63) is 70.8 Å². The maximum Gasteiger partial charge on any atom is 0.306 e. The van der Waals surface area contributed by atoms with E-state index in [1.54, 1.807) is 24.0 Å². The molecule has 2 heterocycles. The minimum atomic E-state index is -0.523. The van der Waals surface area contributed by atoms with Gasteiger partial charge in [-0.15, -0.1) is 0 Å². The molecule has 0 spiro atoms. The average molecular weight is 435 g/mol. The monoisotopic (exact) mass is 435 g/mol. The number of hydrogen-bond donors (Lipinski definition) is 1. The highest BCUT2D eigenvalue weighted by atomic mass is 16.5. The van der Waals surface area contributed by atoms with Gasteiger partial charge in [-0.05, 0) is 49.6 Å². The Bertz CT molecular complexity index is 1140. The number of esters is 1. The summed E-state index contributed by atoms with van der Waals surface area (Å²) in [5, 5.41) is 12.3. The standard InChI is InChI=1S/C24H25N3O5/c1-16-17(2)27(14-19-8-6-12-31-19)24(20(16)13-25)26-22(28)15-32-23(29)11-10-18-7-4-5-9-21(18)30-3/h4-9,12H,10-11,14-15H2,1-3H3,(H,26,28). The molecule has 0 unspecified atom stereocenters. The minimum Gasteiger partial charge on any atom is -0.496 e. The third-order valence-corrected chi connectivity index (χ3v) is 5.25. The number of aryl methyl sites for hydroxylation is 1. The van der Waals surface area contributed by atoms with Crippen molar-refractivity contribution >= 4 is 17.7 Å². The van der Waals surface area contributed by atoms with Crippen molar-refractivity contribution in [1.82, 2.24) is 4.57 Å². The molecule has 0 aliphatic heterocycles. The van der Waals surface area contributed by atoms with Crippen LogP contribution < -0.4 is 10.1 Å². The van der Waals surface area contributed by atoms with Crippen LogP contribution in [-0.2, 0) is 27.3 Å². The molecule has 2 aromatic heterocycles. The van der Waals surface area contributed by atoms with Crippen LogP contribution in [0.1, 0.15) is 34.6 Å². The first-order valence-electron chi connectivity index (χ1n) is 10.1. The fourth-order valence-electron chi connectivity index (χ4n) is 3.42. The first-order chi connectivity index (χ1) is 15.4. The van der Waals surface area contributed by atoms with Crippen LogP contribution in [0, 0.1) is 25.2 Å². The Labute approximate surface area is 186 Å². The highest BCUT2D eigenvalue weighted by molar-refractivity contribution is 5.93. The lowest BCUT2D eigenvalue weighted by Crippen LogP contribution is -2.23. The maximum absolute atomic E-state index is 12.5. The topological polar surface area (TPSA) is 106 Å². The van der Waals surface area contributed by atoms with Crippen molar-refractivity contribution in [2.24, 2.45) is 0 Å². The summed E-state index contributed by atoms with van der Waals surface area (Å²) in [5.74, 6) is 0.722. The summed E-state index contributed by atoms with van der Waals surface area (Å²) in [5.41, 5.74) is 2.85. The van der Waals surface area contributed by atoms with E-state index in [1.165, 1.54) is 0 Å². The van der Waals surface area contributed by atoms with Crippen LogP contribution >= 0.6 is 0 Å². The lowest BCUT2D eigenvalue weighted by molar-refractivity contribution is -0.147. The quantitative estimate of drug-likeness (QED) is 0.513.